The van der Waals surface area contributed by atoms with Crippen LogP contribution in [0.15, 0.2) is 31.0 Å². The zero-order valence-corrected chi connectivity index (χ0v) is 10.5. The van der Waals surface area contributed by atoms with Crippen LogP contribution in [0, 0.1) is 0 Å². The second-order valence-corrected chi connectivity index (χ2v) is 4.64. The Labute approximate surface area is 104 Å². The van der Waals surface area contributed by atoms with Crippen molar-refractivity contribution >= 4 is 5.82 Å². The van der Waals surface area contributed by atoms with Crippen LogP contribution in [0.25, 0.3) is 0 Å². The Kier molecular flexibility index (Phi) is 4.15. The molecule has 0 amide bonds. The molecule has 17 heavy (non-hydrogen) atoms. The van der Waals surface area contributed by atoms with E-state index in [-0.39, 0.29) is 0 Å². The van der Waals surface area contributed by atoms with E-state index in [1.807, 2.05) is 18.3 Å². The monoisotopic (exact) mass is 231 g/mol. The number of anilines is 1. The lowest BCUT2D eigenvalue weighted by atomic mass is 10.2. The van der Waals surface area contributed by atoms with Gasteiger partial charge in [-0.05, 0) is 25.3 Å². The van der Waals surface area contributed by atoms with Crippen molar-refractivity contribution in [3.8, 4) is 0 Å². The highest BCUT2D eigenvalue weighted by atomic mass is 15.2. The molecular weight excluding hydrogens is 210 g/mol. The molecule has 0 atom stereocenters. The van der Waals surface area contributed by atoms with Gasteiger partial charge in [0.1, 0.15) is 5.82 Å². The summed E-state index contributed by atoms with van der Waals surface area (Å²) < 4.78 is 0. The summed E-state index contributed by atoms with van der Waals surface area (Å²) in [5, 5.41) is 3.54. The minimum atomic E-state index is 0.738. The molecule has 0 bridgehead atoms. The summed E-state index contributed by atoms with van der Waals surface area (Å²) in [5.74, 6) is 1.09. The van der Waals surface area contributed by atoms with Crippen LogP contribution in [0.2, 0.25) is 0 Å². The number of aromatic nitrogens is 1. The topological polar surface area (TPSA) is 28.2 Å². The number of hydrogen-bond acceptors (Lipinski definition) is 3. The third-order valence-electron chi connectivity index (χ3n) is 3.06. The van der Waals surface area contributed by atoms with Crippen LogP contribution in [-0.4, -0.2) is 24.6 Å². The maximum absolute atomic E-state index is 4.48. The summed E-state index contributed by atoms with van der Waals surface area (Å²) in [7, 11) is 2.09. The van der Waals surface area contributed by atoms with Gasteiger partial charge in [-0.3, -0.25) is 0 Å². The van der Waals surface area contributed by atoms with Crippen molar-refractivity contribution in [2.75, 3.05) is 18.5 Å². The standard InChI is InChI=1S/C14H21N3/c1-3-4-10-17(2)14-12(6-5-9-15-14)11-16-13-7-8-13/h3,5-6,9,13,16H,1,4,7-8,10-11H2,2H3. The first-order valence-corrected chi connectivity index (χ1v) is 6.30. The van der Waals surface area contributed by atoms with E-state index in [0.29, 0.717) is 0 Å². The van der Waals surface area contributed by atoms with Crippen molar-refractivity contribution in [1.82, 2.24) is 10.3 Å². The molecule has 3 heteroatoms. The molecule has 2 rings (SSSR count). The SMILES string of the molecule is C=CCCN(C)c1ncccc1CNC1CC1. The summed E-state index contributed by atoms with van der Waals surface area (Å²) >= 11 is 0. The van der Waals surface area contributed by atoms with Crippen molar-refractivity contribution < 1.29 is 0 Å². The average molecular weight is 231 g/mol. The molecular formula is C14H21N3. The minimum Gasteiger partial charge on any atom is -0.359 e. The quantitative estimate of drug-likeness (QED) is 0.730. The molecule has 1 heterocycles. The van der Waals surface area contributed by atoms with Gasteiger partial charge in [-0.1, -0.05) is 12.1 Å². The number of nitrogens with zero attached hydrogens (tertiary/aromatic N) is 2. The van der Waals surface area contributed by atoms with E-state index in [9.17, 15) is 0 Å². The van der Waals surface area contributed by atoms with Gasteiger partial charge in [0.25, 0.3) is 0 Å². The van der Waals surface area contributed by atoms with E-state index < -0.39 is 0 Å². The van der Waals surface area contributed by atoms with E-state index in [0.717, 1.165) is 31.4 Å². The minimum absolute atomic E-state index is 0.738. The first-order chi connectivity index (χ1) is 8.31. The zero-order chi connectivity index (χ0) is 12.1. The highest BCUT2D eigenvalue weighted by molar-refractivity contribution is 5.45. The van der Waals surface area contributed by atoms with Crippen LogP contribution in [-0.2, 0) is 6.54 Å². The molecule has 1 aliphatic carbocycles. The van der Waals surface area contributed by atoms with Crippen LogP contribution in [0.5, 0.6) is 0 Å². The van der Waals surface area contributed by atoms with E-state index in [1.165, 1.54) is 18.4 Å². The van der Waals surface area contributed by atoms with E-state index in [2.05, 4.69) is 34.9 Å². The van der Waals surface area contributed by atoms with Gasteiger partial charge in [0.05, 0.1) is 0 Å². The van der Waals surface area contributed by atoms with Gasteiger partial charge in [-0.25, -0.2) is 4.98 Å². The lowest BCUT2D eigenvalue weighted by Crippen LogP contribution is -2.23. The second-order valence-electron chi connectivity index (χ2n) is 4.64. The number of rotatable bonds is 7. The lowest BCUT2D eigenvalue weighted by molar-refractivity contribution is 0.683. The van der Waals surface area contributed by atoms with E-state index in [4.69, 9.17) is 0 Å². The van der Waals surface area contributed by atoms with Crippen molar-refractivity contribution in [3.05, 3.63) is 36.5 Å². The van der Waals surface area contributed by atoms with Crippen molar-refractivity contribution in [3.63, 3.8) is 0 Å². The van der Waals surface area contributed by atoms with Crippen molar-refractivity contribution in [2.24, 2.45) is 0 Å². The number of hydrogen-bond donors (Lipinski definition) is 1. The largest absolute Gasteiger partial charge is 0.359 e. The summed E-state index contributed by atoms with van der Waals surface area (Å²) in [6.45, 7) is 5.65. The molecule has 1 aromatic heterocycles. The Bertz CT molecular complexity index is 371. The van der Waals surface area contributed by atoms with E-state index in [1.54, 1.807) is 0 Å². The molecule has 1 aliphatic rings. The Morgan fingerprint density at radius 3 is 3.12 bits per heavy atom. The van der Waals surface area contributed by atoms with Gasteiger partial charge in [0.15, 0.2) is 0 Å². The average Bonchev–Trinajstić information content (AvgIpc) is 3.18. The summed E-state index contributed by atoms with van der Waals surface area (Å²) in [6.07, 6.45) is 7.44. The second kappa shape index (κ2) is 5.82. The summed E-state index contributed by atoms with van der Waals surface area (Å²) in [6, 6.07) is 4.90. The Morgan fingerprint density at radius 1 is 1.59 bits per heavy atom. The normalized spacial score (nSPS) is 14.6. The molecule has 0 aliphatic heterocycles. The molecule has 0 spiro atoms. The third kappa shape index (κ3) is 3.56. The zero-order valence-electron chi connectivity index (χ0n) is 10.5. The highest BCUT2D eigenvalue weighted by Gasteiger charge is 2.20. The molecule has 3 nitrogen and oxygen atoms in total. The molecule has 0 unspecified atom stereocenters. The Balaban J connectivity index is 1.99. The molecule has 0 aromatic carbocycles. The summed E-state index contributed by atoms with van der Waals surface area (Å²) in [4.78, 5) is 6.68. The lowest BCUT2D eigenvalue weighted by Gasteiger charge is -2.20. The third-order valence-corrected chi connectivity index (χ3v) is 3.06. The van der Waals surface area contributed by atoms with Crippen LogP contribution in [0.1, 0.15) is 24.8 Å². The molecule has 1 fully saturated rings. The fourth-order valence-electron chi connectivity index (χ4n) is 1.84. The van der Waals surface area contributed by atoms with Gasteiger partial charge in [0, 0.05) is 37.9 Å². The first kappa shape index (κ1) is 12.1. The number of pyridine rings is 1. The van der Waals surface area contributed by atoms with Crippen LogP contribution < -0.4 is 10.2 Å². The predicted molar refractivity (Wildman–Crippen MR) is 72.2 cm³/mol. The van der Waals surface area contributed by atoms with Gasteiger partial charge < -0.3 is 10.2 Å². The van der Waals surface area contributed by atoms with Crippen LogP contribution >= 0.6 is 0 Å². The fraction of sp³-hybridized carbons (Fsp3) is 0.500. The molecule has 0 radical (unpaired) electrons. The molecule has 92 valence electrons. The maximum Gasteiger partial charge on any atom is 0.132 e. The van der Waals surface area contributed by atoms with Gasteiger partial charge in [-0.2, -0.15) is 0 Å². The van der Waals surface area contributed by atoms with E-state index >= 15 is 0 Å². The smallest absolute Gasteiger partial charge is 0.132 e. The van der Waals surface area contributed by atoms with Crippen LogP contribution in [0.3, 0.4) is 0 Å². The fourth-order valence-corrected chi connectivity index (χ4v) is 1.84. The maximum atomic E-state index is 4.48. The highest BCUT2D eigenvalue weighted by Crippen LogP contribution is 2.21. The van der Waals surface area contributed by atoms with Crippen molar-refractivity contribution in [2.45, 2.75) is 31.8 Å². The van der Waals surface area contributed by atoms with Crippen molar-refractivity contribution in [1.29, 1.82) is 0 Å². The predicted octanol–water partition coefficient (Wildman–Crippen LogP) is 2.35. The molecule has 0 saturated heterocycles. The Hall–Kier alpha value is -1.35. The number of nitrogens with one attached hydrogen (secondary N) is 1. The molecule has 1 saturated carbocycles. The molecule has 1 aromatic rings. The van der Waals surface area contributed by atoms with Gasteiger partial charge >= 0.3 is 0 Å². The van der Waals surface area contributed by atoms with Crippen LogP contribution in [0.4, 0.5) is 5.82 Å². The first-order valence-electron chi connectivity index (χ1n) is 6.30. The van der Waals surface area contributed by atoms with Gasteiger partial charge in [0.2, 0.25) is 0 Å². The Morgan fingerprint density at radius 2 is 2.41 bits per heavy atom. The summed E-state index contributed by atoms with van der Waals surface area (Å²) in [5.41, 5.74) is 1.28. The van der Waals surface area contributed by atoms with Gasteiger partial charge in [-0.15, -0.1) is 6.58 Å². The molecule has 1 N–H and O–H groups in total.